The Labute approximate surface area is 84.7 Å². The van der Waals surface area contributed by atoms with Gasteiger partial charge in [-0.25, -0.2) is 4.98 Å². The highest BCUT2D eigenvalue weighted by atomic mass is 15.3. The van der Waals surface area contributed by atoms with E-state index in [-0.39, 0.29) is 0 Å². The van der Waals surface area contributed by atoms with Crippen LogP contribution in [0.5, 0.6) is 0 Å². The van der Waals surface area contributed by atoms with Crippen LogP contribution < -0.4 is 5.32 Å². The highest BCUT2D eigenvalue weighted by Gasteiger charge is 2.20. The third-order valence-electron chi connectivity index (χ3n) is 2.50. The molecule has 0 radical (unpaired) electrons. The molecule has 1 aromatic heterocycles. The number of aryl methyl sites for hydroxylation is 2. The van der Waals surface area contributed by atoms with Crippen molar-refractivity contribution < 1.29 is 0 Å². The average Bonchev–Trinajstić information content (AvgIpc) is 2.90. The van der Waals surface area contributed by atoms with Gasteiger partial charge in [-0.2, -0.15) is 5.10 Å². The Balaban J connectivity index is 1.93. The lowest BCUT2D eigenvalue weighted by Gasteiger charge is -2.00. The van der Waals surface area contributed by atoms with E-state index < -0.39 is 0 Å². The molecule has 14 heavy (non-hydrogen) atoms. The first-order valence-corrected chi connectivity index (χ1v) is 5.41. The Morgan fingerprint density at radius 2 is 2.29 bits per heavy atom. The van der Waals surface area contributed by atoms with E-state index in [1.165, 1.54) is 12.8 Å². The maximum Gasteiger partial charge on any atom is 0.150 e. The normalized spacial score (nSPS) is 16.1. The molecule has 0 amide bonds. The van der Waals surface area contributed by atoms with Crippen molar-refractivity contribution in [3.8, 4) is 0 Å². The van der Waals surface area contributed by atoms with Crippen molar-refractivity contribution in [1.29, 1.82) is 0 Å². The van der Waals surface area contributed by atoms with E-state index in [1.54, 1.807) is 0 Å². The maximum atomic E-state index is 4.49. The first kappa shape index (κ1) is 9.65. The van der Waals surface area contributed by atoms with Crippen molar-refractivity contribution >= 4 is 0 Å². The van der Waals surface area contributed by atoms with E-state index in [9.17, 15) is 0 Å². The molecule has 1 aromatic rings. The summed E-state index contributed by atoms with van der Waals surface area (Å²) < 4.78 is 1.89. The smallest absolute Gasteiger partial charge is 0.150 e. The van der Waals surface area contributed by atoms with Gasteiger partial charge in [0, 0.05) is 19.5 Å². The molecule has 0 bridgehead atoms. The van der Waals surface area contributed by atoms with Crippen LogP contribution in [-0.4, -0.2) is 20.8 Å². The van der Waals surface area contributed by atoms with Gasteiger partial charge in [0.05, 0.1) is 6.54 Å². The summed E-state index contributed by atoms with van der Waals surface area (Å²) in [6, 6.07) is 0.737. The number of aromatic nitrogens is 3. The number of hydrogen-bond donors (Lipinski definition) is 1. The summed E-state index contributed by atoms with van der Waals surface area (Å²) in [5.41, 5.74) is 0. The predicted octanol–water partition coefficient (Wildman–Crippen LogP) is 1.02. The molecule has 0 saturated heterocycles. The van der Waals surface area contributed by atoms with E-state index in [4.69, 9.17) is 0 Å². The molecule has 0 aliphatic heterocycles. The quantitative estimate of drug-likeness (QED) is 0.761. The second-order valence-electron chi connectivity index (χ2n) is 3.97. The van der Waals surface area contributed by atoms with Gasteiger partial charge >= 0.3 is 0 Å². The van der Waals surface area contributed by atoms with Crippen molar-refractivity contribution in [1.82, 2.24) is 20.1 Å². The number of nitrogens with one attached hydrogen (secondary N) is 1. The van der Waals surface area contributed by atoms with Crippen LogP contribution >= 0.6 is 0 Å². The molecule has 0 atom stereocenters. The SMILES string of the molecule is CCCc1nc(CNC2CC2)n(C)n1. The average molecular weight is 194 g/mol. The summed E-state index contributed by atoms with van der Waals surface area (Å²) in [5, 5.41) is 7.81. The first-order valence-electron chi connectivity index (χ1n) is 5.41. The second-order valence-corrected chi connectivity index (χ2v) is 3.97. The molecule has 1 N–H and O–H groups in total. The van der Waals surface area contributed by atoms with Crippen molar-refractivity contribution in [2.45, 2.75) is 45.2 Å². The zero-order valence-corrected chi connectivity index (χ0v) is 8.95. The van der Waals surface area contributed by atoms with Gasteiger partial charge in [-0.15, -0.1) is 0 Å². The summed E-state index contributed by atoms with van der Waals surface area (Å²) in [4.78, 5) is 4.49. The minimum atomic E-state index is 0.737. The van der Waals surface area contributed by atoms with Gasteiger partial charge in [0.25, 0.3) is 0 Å². The van der Waals surface area contributed by atoms with E-state index in [1.807, 2.05) is 11.7 Å². The fourth-order valence-corrected chi connectivity index (χ4v) is 1.48. The molecule has 78 valence electrons. The Hall–Kier alpha value is -0.900. The molecular formula is C10H18N4. The van der Waals surface area contributed by atoms with Gasteiger partial charge in [-0.3, -0.25) is 4.68 Å². The topological polar surface area (TPSA) is 42.7 Å². The summed E-state index contributed by atoms with van der Waals surface area (Å²) in [6.07, 6.45) is 4.73. The summed E-state index contributed by atoms with van der Waals surface area (Å²) in [6.45, 7) is 3.01. The molecule has 1 saturated carbocycles. The lowest BCUT2D eigenvalue weighted by molar-refractivity contribution is 0.610. The second kappa shape index (κ2) is 4.09. The number of nitrogens with zero attached hydrogens (tertiary/aromatic N) is 3. The Morgan fingerprint density at radius 1 is 1.50 bits per heavy atom. The van der Waals surface area contributed by atoms with Crippen LogP contribution in [0.3, 0.4) is 0 Å². The van der Waals surface area contributed by atoms with Gasteiger partial charge < -0.3 is 5.32 Å². The largest absolute Gasteiger partial charge is 0.307 e. The minimum Gasteiger partial charge on any atom is -0.307 e. The molecule has 4 heteroatoms. The van der Waals surface area contributed by atoms with Gasteiger partial charge in [0.15, 0.2) is 5.82 Å². The van der Waals surface area contributed by atoms with Crippen LogP contribution in [0.25, 0.3) is 0 Å². The van der Waals surface area contributed by atoms with Crippen molar-refractivity contribution in [2.75, 3.05) is 0 Å². The fraction of sp³-hybridized carbons (Fsp3) is 0.800. The number of rotatable bonds is 5. The lowest BCUT2D eigenvalue weighted by atomic mass is 10.3. The molecule has 0 unspecified atom stereocenters. The standard InChI is InChI=1S/C10H18N4/c1-3-4-9-12-10(14(2)13-9)7-11-8-5-6-8/h8,11H,3-7H2,1-2H3. The fourth-order valence-electron chi connectivity index (χ4n) is 1.48. The van der Waals surface area contributed by atoms with E-state index in [2.05, 4.69) is 22.3 Å². The van der Waals surface area contributed by atoms with Crippen LogP contribution in [0.4, 0.5) is 0 Å². The maximum absolute atomic E-state index is 4.49. The summed E-state index contributed by atoms with van der Waals surface area (Å²) in [7, 11) is 1.97. The van der Waals surface area contributed by atoms with Gasteiger partial charge in [0.1, 0.15) is 5.82 Å². The summed E-state index contributed by atoms with van der Waals surface area (Å²) >= 11 is 0. The Bertz CT molecular complexity index is 301. The lowest BCUT2D eigenvalue weighted by Crippen LogP contribution is -2.18. The van der Waals surface area contributed by atoms with Crippen LogP contribution in [0, 0.1) is 0 Å². The van der Waals surface area contributed by atoms with Crippen LogP contribution in [-0.2, 0) is 20.0 Å². The van der Waals surface area contributed by atoms with Crippen molar-refractivity contribution in [2.24, 2.45) is 7.05 Å². The van der Waals surface area contributed by atoms with Gasteiger partial charge in [-0.05, 0) is 19.3 Å². The predicted molar refractivity (Wildman–Crippen MR) is 54.9 cm³/mol. The molecule has 4 nitrogen and oxygen atoms in total. The highest BCUT2D eigenvalue weighted by molar-refractivity contribution is 4.94. The molecule has 0 aromatic carbocycles. The first-order chi connectivity index (χ1) is 6.79. The molecular weight excluding hydrogens is 176 g/mol. The molecule has 1 aliphatic rings. The van der Waals surface area contributed by atoms with Gasteiger partial charge in [0.2, 0.25) is 0 Å². The van der Waals surface area contributed by atoms with Crippen LogP contribution in [0.15, 0.2) is 0 Å². The van der Waals surface area contributed by atoms with Crippen molar-refractivity contribution in [3.05, 3.63) is 11.6 Å². The van der Waals surface area contributed by atoms with E-state index >= 15 is 0 Å². The molecule has 1 fully saturated rings. The third-order valence-corrected chi connectivity index (χ3v) is 2.50. The monoisotopic (exact) mass is 194 g/mol. The number of hydrogen-bond acceptors (Lipinski definition) is 3. The van der Waals surface area contributed by atoms with Crippen molar-refractivity contribution in [3.63, 3.8) is 0 Å². The molecule has 1 aliphatic carbocycles. The molecule has 0 spiro atoms. The highest BCUT2D eigenvalue weighted by Crippen LogP contribution is 2.18. The summed E-state index contributed by atoms with van der Waals surface area (Å²) in [5.74, 6) is 2.03. The van der Waals surface area contributed by atoms with Gasteiger partial charge in [-0.1, -0.05) is 6.92 Å². The van der Waals surface area contributed by atoms with Crippen LogP contribution in [0.2, 0.25) is 0 Å². The zero-order valence-electron chi connectivity index (χ0n) is 8.95. The van der Waals surface area contributed by atoms with Crippen LogP contribution in [0.1, 0.15) is 37.8 Å². The third kappa shape index (κ3) is 2.32. The molecule has 2 rings (SSSR count). The van der Waals surface area contributed by atoms with E-state index in [0.717, 1.165) is 37.1 Å². The molecule has 1 heterocycles. The Kier molecular flexibility index (Phi) is 2.82. The zero-order chi connectivity index (χ0) is 9.97. The Morgan fingerprint density at radius 3 is 2.93 bits per heavy atom. The minimum absolute atomic E-state index is 0.737. The van der Waals surface area contributed by atoms with E-state index in [0.29, 0.717) is 0 Å².